The van der Waals surface area contributed by atoms with Gasteiger partial charge in [-0.3, -0.25) is 4.79 Å². The highest BCUT2D eigenvalue weighted by molar-refractivity contribution is 7.06. The lowest BCUT2D eigenvalue weighted by molar-refractivity contribution is -0.141. The van der Waals surface area contributed by atoms with E-state index in [1.54, 1.807) is 37.3 Å². The minimum atomic E-state index is -0.847. The number of benzene rings is 2. The van der Waals surface area contributed by atoms with Gasteiger partial charge in [0.1, 0.15) is 24.8 Å². The molecule has 152 valence electrons. The van der Waals surface area contributed by atoms with Crippen LogP contribution in [0.25, 0.3) is 11.3 Å². The van der Waals surface area contributed by atoms with Crippen molar-refractivity contribution >= 4 is 29.1 Å². The molecule has 1 heterocycles. The number of hydrogen-bond acceptors (Lipinski definition) is 4. The van der Waals surface area contributed by atoms with Gasteiger partial charge in [0.2, 0.25) is 0 Å². The Balaban J connectivity index is 1.76. The van der Waals surface area contributed by atoms with Crippen LogP contribution >= 0.6 is 23.1 Å². The van der Waals surface area contributed by atoms with Crippen molar-refractivity contribution in [1.29, 1.82) is 0 Å². The summed E-state index contributed by atoms with van der Waals surface area (Å²) in [6.45, 7) is 1.02. The van der Waals surface area contributed by atoms with Gasteiger partial charge in [-0.15, -0.1) is 0 Å². The average Bonchev–Trinajstić information content (AvgIpc) is 3.12. The molecule has 2 aromatic carbocycles. The van der Waals surface area contributed by atoms with Crippen molar-refractivity contribution in [1.82, 2.24) is 4.37 Å². The third-order valence-corrected chi connectivity index (χ3v) is 5.61. The van der Waals surface area contributed by atoms with Crippen LogP contribution in [-0.4, -0.2) is 15.4 Å². The maximum absolute atomic E-state index is 13.8. The molecule has 1 atom stereocenters. The molecular formula is C21H18ClF2NO3S. The molecule has 0 bridgehead atoms. The smallest absolute Gasteiger partial charge is 0.306 e. The maximum atomic E-state index is 13.8. The summed E-state index contributed by atoms with van der Waals surface area (Å²) < 4.78 is 37.3. The SMILES string of the molecule is CC(Cc1ccc(OCc2c(-c3ccc(Cl)c(F)c3)nsc2CF)cc1)C(=O)O. The van der Waals surface area contributed by atoms with E-state index in [0.717, 1.165) is 17.1 Å². The minimum Gasteiger partial charge on any atom is -0.489 e. The Morgan fingerprint density at radius 3 is 2.62 bits per heavy atom. The first-order chi connectivity index (χ1) is 13.9. The molecule has 1 aromatic heterocycles. The first-order valence-electron chi connectivity index (χ1n) is 8.82. The van der Waals surface area contributed by atoms with Crippen LogP contribution in [0.3, 0.4) is 0 Å². The van der Waals surface area contributed by atoms with Crippen LogP contribution < -0.4 is 4.74 Å². The maximum Gasteiger partial charge on any atom is 0.306 e. The van der Waals surface area contributed by atoms with Crippen LogP contribution in [0.15, 0.2) is 42.5 Å². The van der Waals surface area contributed by atoms with Gasteiger partial charge in [-0.2, -0.15) is 4.37 Å². The summed E-state index contributed by atoms with van der Waals surface area (Å²) in [5.41, 5.74) is 2.40. The Morgan fingerprint density at radius 1 is 1.28 bits per heavy atom. The Labute approximate surface area is 175 Å². The molecule has 0 amide bonds. The molecule has 1 unspecified atom stereocenters. The Kier molecular flexibility index (Phi) is 6.82. The summed E-state index contributed by atoms with van der Waals surface area (Å²) in [6.07, 6.45) is 0.419. The minimum absolute atomic E-state index is 0.00445. The third kappa shape index (κ3) is 5.10. The highest BCUT2D eigenvalue weighted by Crippen LogP contribution is 2.32. The second kappa shape index (κ2) is 9.33. The molecular weight excluding hydrogens is 420 g/mol. The second-order valence-electron chi connectivity index (χ2n) is 6.57. The van der Waals surface area contributed by atoms with Crippen molar-refractivity contribution in [2.75, 3.05) is 0 Å². The molecule has 0 aliphatic rings. The molecule has 8 heteroatoms. The van der Waals surface area contributed by atoms with E-state index in [-0.39, 0.29) is 11.6 Å². The number of hydrogen-bond donors (Lipinski definition) is 1. The van der Waals surface area contributed by atoms with Gasteiger partial charge in [0, 0.05) is 11.1 Å². The lowest BCUT2D eigenvalue weighted by atomic mass is 10.0. The van der Waals surface area contributed by atoms with Crippen molar-refractivity contribution in [2.24, 2.45) is 5.92 Å². The van der Waals surface area contributed by atoms with Crippen LogP contribution in [0, 0.1) is 11.7 Å². The number of carboxylic acid groups (broad SMARTS) is 1. The molecule has 29 heavy (non-hydrogen) atoms. The summed E-state index contributed by atoms with van der Waals surface area (Å²) in [4.78, 5) is 11.4. The molecule has 1 N–H and O–H groups in total. The number of carboxylic acids is 1. The van der Waals surface area contributed by atoms with Crippen molar-refractivity contribution in [3.05, 3.63) is 69.3 Å². The molecule has 3 aromatic rings. The number of aliphatic carboxylic acids is 1. The van der Waals surface area contributed by atoms with E-state index < -0.39 is 24.4 Å². The summed E-state index contributed by atoms with van der Waals surface area (Å²) >= 11 is 6.75. The van der Waals surface area contributed by atoms with Crippen LogP contribution in [-0.2, 0) is 24.5 Å². The Bertz CT molecular complexity index is 1010. The van der Waals surface area contributed by atoms with E-state index >= 15 is 0 Å². The van der Waals surface area contributed by atoms with Gasteiger partial charge in [0.15, 0.2) is 0 Å². The summed E-state index contributed by atoms with van der Waals surface area (Å²) in [5, 5.41) is 9.00. The van der Waals surface area contributed by atoms with E-state index in [9.17, 15) is 13.6 Å². The second-order valence-corrected chi connectivity index (χ2v) is 7.84. The predicted octanol–water partition coefficient (Wildman–Crippen LogP) is 5.91. The fourth-order valence-corrected chi connectivity index (χ4v) is 3.63. The number of alkyl halides is 1. The van der Waals surface area contributed by atoms with Gasteiger partial charge in [-0.05, 0) is 47.8 Å². The normalized spacial score (nSPS) is 12.0. The van der Waals surface area contributed by atoms with Gasteiger partial charge < -0.3 is 9.84 Å². The highest BCUT2D eigenvalue weighted by Gasteiger charge is 2.17. The predicted molar refractivity (Wildman–Crippen MR) is 109 cm³/mol. The lowest BCUT2D eigenvalue weighted by Crippen LogP contribution is -2.12. The monoisotopic (exact) mass is 437 g/mol. The summed E-state index contributed by atoms with van der Waals surface area (Å²) in [5.74, 6) is -1.34. The van der Waals surface area contributed by atoms with Gasteiger partial charge in [0.25, 0.3) is 0 Å². The van der Waals surface area contributed by atoms with Crippen LogP contribution in [0.5, 0.6) is 5.75 Å². The average molecular weight is 438 g/mol. The molecule has 3 rings (SSSR count). The van der Waals surface area contributed by atoms with Crippen molar-refractivity contribution in [2.45, 2.75) is 26.6 Å². The van der Waals surface area contributed by atoms with Crippen molar-refractivity contribution in [3.8, 4) is 17.0 Å². The molecule has 0 spiro atoms. The van der Waals surface area contributed by atoms with Crippen LogP contribution in [0.2, 0.25) is 5.02 Å². The third-order valence-electron chi connectivity index (χ3n) is 4.45. The van der Waals surface area contributed by atoms with Gasteiger partial charge in [-0.1, -0.05) is 36.7 Å². The molecule has 0 aliphatic heterocycles. The zero-order valence-electron chi connectivity index (χ0n) is 15.5. The molecule has 0 saturated carbocycles. The molecule has 0 fully saturated rings. The number of ether oxygens (including phenoxy) is 1. The quantitative estimate of drug-likeness (QED) is 0.475. The molecule has 0 saturated heterocycles. The Morgan fingerprint density at radius 2 is 2.00 bits per heavy atom. The molecule has 0 aliphatic carbocycles. The topological polar surface area (TPSA) is 59.4 Å². The Hall–Kier alpha value is -2.51. The van der Waals surface area contributed by atoms with Crippen molar-refractivity contribution in [3.63, 3.8) is 0 Å². The number of carbonyl (C=O) groups is 1. The number of aromatic nitrogens is 1. The fraction of sp³-hybridized carbons (Fsp3) is 0.238. The zero-order chi connectivity index (χ0) is 21.0. The van der Waals surface area contributed by atoms with Gasteiger partial charge in [-0.25, -0.2) is 8.78 Å². The number of rotatable bonds is 8. The summed E-state index contributed by atoms with van der Waals surface area (Å²) in [6, 6.07) is 11.4. The summed E-state index contributed by atoms with van der Waals surface area (Å²) in [7, 11) is 0. The standard InChI is InChI=1S/C21H18ClF2NO3S/c1-12(21(26)27)8-13-2-5-15(6-3-13)28-11-16-19(10-23)29-25-20(16)14-4-7-17(22)18(24)9-14/h2-7,9,12H,8,10-11H2,1H3,(H,26,27). The van der Waals surface area contributed by atoms with Crippen LogP contribution in [0.1, 0.15) is 22.9 Å². The van der Waals surface area contributed by atoms with E-state index in [2.05, 4.69) is 4.37 Å². The van der Waals surface area contributed by atoms with Gasteiger partial charge in [0.05, 0.1) is 21.5 Å². The van der Waals surface area contributed by atoms with E-state index in [1.165, 1.54) is 12.1 Å². The van der Waals surface area contributed by atoms with E-state index in [1.807, 2.05) is 0 Å². The largest absolute Gasteiger partial charge is 0.489 e. The molecule has 4 nitrogen and oxygen atoms in total. The lowest BCUT2D eigenvalue weighted by Gasteiger charge is -2.10. The number of halogens is 3. The fourth-order valence-electron chi connectivity index (χ4n) is 2.79. The zero-order valence-corrected chi connectivity index (χ0v) is 17.1. The van der Waals surface area contributed by atoms with Gasteiger partial charge >= 0.3 is 5.97 Å². The van der Waals surface area contributed by atoms with Crippen molar-refractivity contribution < 1.29 is 23.4 Å². The molecule has 0 radical (unpaired) electrons. The highest BCUT2D eigenvalue weighted by atomic mass is 35.5. The first-order valence-corrected chi connectivity index (χ1v) is 9.97. The first kappa shape index (κ1) is 21.2. The number of nitrogens with zero attached hydrogens (tertiary/aromatic N) is 1. The van der Waals surface area contributed by atoms with E-state index in [0.29, 0.717) is 33.9 Å². The van der Waals surface area contributed by atoms with Crippen LogP contribution in [0.4, 0.5) is 8.78 Å². The van der Waals surface area contributed by atoms with E-state index in [4.69, 9.17) is 21.4 Å².